The summed E-state index contributed by atoms with van der Waals surface area (Å²) < 4.78 is 27.2. The Bertz CT molecular complexity index is 632. The van der Waals surface area contributed by atoms with Gasteiger partial charge in [-0.1, -0.05) is 13.0 Å². The van der Waals surface area contributed by atoms with E-state index in [0.29, 0.717) is 24.5 Å². The van der Waals surface area contributed by atoms with Crippen LogP contribution in [0.15, 0.2) is 23.1 Å². The molecule has 0 saturated carbocycles. The van der Waals surface area contributed by atoms with Crippen molar-refractivity contribution in [1.29, 1.82) is 0 Å². The van der Waals surface area contributed by atoms with Crippen LogP contribution < -0.4 is 5.73 Å². The maximum Gasteiger partial charge on any atom is 0.243 e. The van der Waals surface area contributed by atoms with E-state index in [1.165, 1.54) is 11.1 Å². The monoisotopic (exact) mass is 308 g/mol. The Balaban J connectivity index is 1.82. The highest BCUT2D eigenvalue weighted by molar-refractivity contribution is 7.89. The lowest BCUT2D eigenvalue weighted by Gasteiger charge is -2.37. The number of aryl methyl sites for hydroxylation is 2. The van der Waals surface area contributed by atoms with Crippen LogP contribution >= 0.6 is 0 Å². The average Bonchev–Trinajstić information content (AvgIpc) is 2.95. The van der Waals surface area contributed by atoms with Crippen molar-refractivity contribution in [1.82, 2.24) is 4.31 Å². The Kier molecular flexibility index (Phi) is 3.84. The molecule has 0 amide bonds. The molecule has 1 heterocycles. The number of rotatable bonds is 3. The van der Waals surface area contributed by atoms with Crippen molar-refractivity contribution in [3.8, 4) is 0 Å². The van der Waals surface area contributed by atoms with E-state index in [2.05, 4.69) is 6.92 Å². The van der Waals surface area contributed by atoms with E-state index in [1.54, 1.807) is 10.4 Å². The Hall–Kier alpha value is -0.910. The molecule has 1 aliphatic carbocycles. The normalized spacial score (nSPS) is 22.2. The van der Waals surface area contributed by atoms with Gasteiger partial charge in [-0.15, -0.1) is 0 Å². The molecular weight excluding hydrogens is 284 g/mol. The fourth-order valence-corrected chi connectivity index (χ4v) is 4.82. The number of fused-ring (bicyclic) bond motifs is 1. The van der Waals surface area contributed by atoms with Gasteiger partial charge >= 0.3 is 0 Å². The highest BCUT2D eigenvalue weighted by atomic mass is 32.2. The summed E-state index contributed by atoms with van der Waals surface area (Å²) in [4.78, 5) is 0.458. The van der Waals surface area contributed by atoms with E-state index in [-0.39, 0.29) is 5.41 Å². The average molecular weight is 308 g/mol. The fourth-order valence-electron chi connectivity index (χ4n) is 3.33. The van der Waals surface area contributed by atoms with Gasteiger partial charge in [0.05, 0.1) is 4.90 Å². The molecule has 1 saturated heterocycles. The summed E-state index contributed by atoms with van der Waals surface area (Å²) in [7, 11) is -3.35. The molecule has 0 atom stereocenters. The number of hydrogen-bond donors (Lipinski definition) is 1. The van der Waals surface area contributed by atoms with E-state index in [4.69, 9.17) is 5.73 Å². The standard InChI is InChI=1S/C16H24N2O2S/c1-16(12-17)7-9-18(10-8-16)21(19,20)15-6-5-13-3-2-4-14(13)11-15/h5-6,11H,2-4,7-10,12,17H2,1H3. The van der Waals surface area contributed by atoms with E-state index in [0.717, 1.165) is 32.1 Å². The second-order valence-electron chi connectivity index (χ2n) is 6.70. The topological polar surface area (TPSA) is 63.4 Å². The molecule has 0 aromatic heterocycles. The summed E-state index contributed by atoms with van der Waals surface area (Å²) in [6.45, 7) is 3.92. The van der Waals surface area contributed by atoms with Crippen molar-refractivity contribution >= 4 is 10.0 Å². The number of nitrogens with two attached hydrogens (primary N) is 1. The third-order valence-corrected chi connectivity index (χ3v) is 7.02. The van der Waals surface area contributed by atoms with Crippen LogP contribution in [-0.4, -0.2) is 32.4 Å². The summed E-state index contributed by atoms with van der Waals surface area (Å²) >= 11 is 0. The van der Waals surface area contributed by atoms with Crippen molar-refractivity contribution in [2.75, 3.05) is 19.6 Å². The summed E-state index contributed by atoms with van der Waals surface area (Å²) in [6, 6.07) is 5.65. The molecule has 0 spiro atoms. The Labute approximate surface area is 127 Å². The molecule has 5 heteroatoms. The Morgan fingerprint density at radius 3 is 2.52 bits per heavy atom. The van der Waals surface area contributed by atoms with Crippen LogP contribution in [-0.2, 0) is 22.9 Å². The fraction of sp³-hybridized carbons (Fsp3) is 0.625. The molecule has 1 aromatic carbocycles. The third-order valence-electron chi connectivity index (χ3n) is 5.13. The van der Waals surface area contributed by atoms with E-state index >= 15 is 0 Å². The van der Waals surface area contributed by atoms with Gasteiger partial charge in [0.2, 0.25) is 10.0 Å². The number of sulfonamides is 1. The van der Waals surface area contributed by atoms with Crippen LogP contribution in [0.4, 0.5) is 0 Å². The molecule has 2 aliphatic rings. The molecule has 116 valence electrons. The molecule has 0 unspecified atom stereocenters. The Morgan fingerprint density at radius 2 is 1.86 bits per heavy atom. The molecule has 4 nitrogen and oxygen atoms in total. The minimum Gasteiger partial charge on any atom is -0.330 e. The van der Waals surface area contributed by atoms with Gasteiger partial charge in [0.15, 0.2) is 0 Å². The van der Waals surface area contributed by atoms with Gasteiger partial charge in [-0.3, -0.25) is 0 Å². The summed E-state index contributed by atoms with van der Waals surface area (Å²) in [5.41, 5.74) is 8.40. The molecule has 21 heavy (non-hydrogen) atoms. The first-order chi connectivity index (χ1) is 9.94. The van der Waals surface area contributed by atoms with Gasteiger partial charge in [-0.05, 0) is 67.3 Å². The van der Waals surface area contributed by atoms with Crippen molar-refractivity contribution < 1.29 is 8.42 Å². The summed E-state index contributed by atoms with van der Waals surface area (Å²) in [5, 5.41) is 0. The van der Waals surface area contributed by atoms with Crippen LogP contribution in [0.1, 0.15) is 37.3 Å². The zero-order valence-electron chi connectivity index (χ0n) is 12.6. The third kappa shape index (κ3) is 2.74. The SMILES string of the molecule is CC1(CN)CCN(S(=O)(=O)c2ccc3c(c2)CCC3)CC1. The van der Waals surface area contributed by atoms with Crippen molar-refractivity contribution in [3.63, 3.8) is 0 Å². The van der Waals surface area contributed by atoms with Gasteiger partial charge in [0.1, 0.15) is 0 Å². The molecule has 0 radical (unpaired) electrons. The lowest BCUT2D eigenvalue weighted by Crippen LogP contribution is -2.44. The Morgan fingerprint density at radius 1 is 1.19 bits per heavy atom. The molecule has 1 aliphatic heterocycles. The van der Waals surface area contributed by atoms with Gasteiger partial charge in [-0.25, -0.2) is 8.42 Å². The highest BCUT2D eigenvalue weighted by Crippen LogP contribution is 2.33. The first kappa shape index (κ1) is 15.0. The number of benzene rings is 1. The maximum absolute atomic E-state index is 12.8. The predicted octanol–water partition coefficient (Wildman–Crippen LogP) is 1.92. The largest absolute Gasteiger partial charge is 0.330 e. The number of hydrogen-bond acceptors (Lipinski definition) is 3. The predicted molar refractivity (Wildman–Crippen MR) is 83.6 cm³/mol. The summed E-state index contributed by atoms with van der Waals surface area (Å²) in [5.74, 6) is 0. The minimum absolute atomic E-state index is 0.0873. The van der Waals surface area contributed by atoms with Gasteiger partial charge in [-0.2, -0.15) is 4.31 Å². The van der Waals surface area contributed by atoms with Gasteiger partial charge in [0.25, 0.3) is 0 Å². The zero-order chi connectivity index (χ0) is 15.1. The minimum atomic E-state index is -3.35. The van der Waals surface area contributed by atoms with Crippen LogP contribution in [0.3, 0.4) is 0 Å². The molecule has 1 fully saturated rings. The molecule has 0 bridgehead atoms. The zero-order valence-corrected chi connectivity index (χ0v) is 13.5. The second kappa shape index (κ2) is 5.38. The number of piperidine rings is 1. The smallest absolute Gasteiger partial charge is 0.243 e. The van der Waals surface area contributed by atoms with Crippen molar-refractivity contribution in [2.45, 2.75) is 43.9 Å². The number of nitrogens with zero attached hydrogens (tertiary/aromatic N) is 1. The van der Waals surface area contributed by atoms with Gasteiger partial charge in [0, 0.05) is 13.1 Å². The maximum atomic E-state index is 12.8. The van der Waals surface area contributed by atoms with Crippen LogP contribution in [0.25, 0.3) is 0 Å². The molecular formula is C16H24N2O2S. The first-order valence-electron chi connectivity index (χ1n) is 7.77. The van der Waals surface area contributed by atoms with Crippen LogP contribution in [0.2, 0.25) is 0 Å². The van der Waals surface area contributed by atoms with Crippen molar-refractivity contribution in [2.24, 2.45) is 11.1 Å². The molecule has 2 N–H and O–H groups in total. The summed E-state index contributed by atoms with van der Waals surface area (Å²) in [6.07, 6.45) is 4.90. The molecule has 1 aromatic rings. The van der Waals surface area contributed by atoms with Crippen LogP contribution in [0, 0.1) is 5.41 Å². The quantitative estimate of drug-likeness (QED) is 0.928. The second-order valence-corrected chi connectivity index (χ2v) is 8.64. The lowest BCUT2D eigenvalue weighted by atomic mass is 9.81. The highest BCUT2D eigenvalue weighted by Gasteiger charge is 2.34. The van der Waals surface area contributed by atoms with Crippen molar-refractivity contribution in [3.05, 3.63) is 29.3 Å². The van der Waals surface area contributed by atoms with E-state index < -0.39 is 10.0 Å². The molecule has 3 rings (SSSR count). The van der Waals surface area contributed by atoms with E-state index in [9.17, 15) is 8.42 Å². The lowest BCUT2D eigenvalue weighted by molar-refractivity contribution is 0.183. The van der Waals surface area contributed by atoms with Gasteiger partial charge < -0.3 is 5.73 Å². The van der Waals surface area contributed by atoms with Crippen LogP contribution in [0.5, 0.6) is 0 Å². The first-order valence-corrected chi connectivity index (χ1v) is 9.21. The van der Waals surface area contributed by atoms with E-state index in [1.807, 2.05) is 12.1 Å².